The fourth-order valence-corrected chi connectivity index (χ4v) is 2.82. The molecule has 0 unspecified atom stereocenters. The van der Waals surface area contributed by atoms with Gasteiger partial charge in [0.2, 0.25) is 0 Å². The molecule has 0 bridgehead atoms. The lowest BCUT2D eigenvalue weighted by Gasteiger charge is -2.26. The molecule has 1 heterocycles. The van der Waals surface area contributed by atoms with E-state index >= 15 is 0 Å². The number of carbonyl (C=O) groups is 1. The molecule has 0 saturated carbocycles. The standard InChI is InChI=1S/C13H13N3OS/c17-13(12-8-14-16-18-12)15-11-7-3-5-9-4-1-2-6-10(9)11/h1-2,4,6,8,11H,3,5,7H2,(H,15,17)/t11-/m1/s1. The van der Waals surface area contributed by atoms with Crippen LogP contribution in [0.3, 0.4) is 0 Å². The van der Waals surface area contributed by atoms with Crippen molar-refractivity contribution in [3.8, 4) is 0 Å². The fraction of sp³-hybridized carbons (Fsp3) is 0.308. The van der Waals surface area contributed by atoms with Crippen LogP contribution in [0.15, 0.2) is 30.5 Å². The first-order valence-electron chi connectivity index (χ1n) is 6.00. The summed E-state index contributed by atoms with van der Waals surface area (Å²) in [7, 11) is 0. The Morgan fingerprint density at radius 2 is 2.28 bits per heavy atom. The largest absolute Gasteiger partial charge is 0.344 e. The number of nitrogens with one attached hydrogen (secondary N) is 1. The average molecular weight is 259 g/mol. The third-order valence-corrected chi connectivity index (χ3v) is 3.92. The molecular weight excluding hydrogens is 246 g/mol. The summed E-state index contributed by atoms with van der Waals surface area (Å²) >= 11 is 1.13. The number of rotatable bonds is 2. The second-order valence-electron chi connectivity index (χ2n) is 4.40. The van der Waals surface area contributed by atoms with Gasteiger partial charge in [0.25, 0.3) is 5.91 Å². The van der Waals surface area contributed by atoms with Gasteiger partial charge in [-0.2, -0.15) is 0 Å². The molecule has 0 saturated heterocycles. The first kappa shape index (κ1) is 11.3. The van der Waals surface area contributed by atoms with Gasteiger partial charge in [-0.1, -0.05) is 28.8 Å². The summed E-state index contributed by atoms with van der Waals surface area (Å²) < 4.78 is 3.71. The van der Waals surface area contributed by atoms with Gasteiger partial charge < -0.3 is 5.32 Å². The molecule has 92 valence electrons. The topological polar surface area (TPSA) is 54.9 Å². The van der Waals surface area contributed by atoms with E-state index < -0.39 is 0 Å². The molecule has 5 heteroatoms. The van der Waals surface area contributed by atoms with Crippen LogP contribution in [0.1, 0.15) is 39.7 Å². The summed E-state index contributed by atoms with van der Waals surface area (Å²) in [5.41, 5.74) is 2.59. The van der Waals surface area contributed by atoms with Gasteiger partial charge in [-0.25, -0.2) is 0 Å². The number of aryl methyl sites for hydroxylation is 1. The highest BCUT2D eigenvalue weighted by Crippen LogP contribution is 2.29. The summed E-state index contributed by atoms with van der Waals surface area (Å²) in [6.07, 6.45) is 4.72. The van der Waals surface area contributed by atoms with Gasteiger partial charge in [-0.15, -0.1) is 5.10 Å². The van der Waals surface area contributed by atoms with Crippen LogP contribution in [0, 0.1) is 0 Å². The molecule has 3 rings (SSSR count). The third kappa shape index (κ3) is 2.13. The van der Waals surface area contributed by atoms with E-state index in [1.165, 1.54) is 17.3 Å². The molecule has 0 aliphatic heterocycles. The Morgan fingerprint density at radius 1 is 1.39 bits per heavy atom. The molecule has 0 fully saturated rings. The van der Waals surface area contributed by atoms with Crippen molar-refractivity contribution in [2.75, 3.05) is 0 Å². The van der Waals surface area contributed by atoms with E-state index in [1.807, 2.05) is 6.07 Å². The molecule has 1 amide bonds. The van der Waals surface area contributed by atoms with Crippen LogP contribution in [0.25, 0.3) is 0 Å². The number of nitrogens with zero attached hydrogens (tertiary/aromatic N) is 2. The second kappa shape index (κ2) is 4.86. The molecule has 1 atom stereocenters. The maximum atomic E-state index is 12.0. The van der Waals surface area contributed by atoms with E-state index in [0.29, 0.717) is 4.88 Å². The van der Waals surface area contributed by atoms with Crippen LogP contribution in [-0.4, -0.2) is 15.5 Å². The lowest BCUT2D eigenvalue weighted by molar-refractivity contribution is 0.0936. The maximum absolute atomic E-state index is 12.0. The number of aromatic nitrogens is 2. The molecule has 1 aliphatic rings. The minimum Gasteiger partial charge on any atom is -0.344 e. The Morgan fingerprint density at radius 3 is 3.11 bits per heavy atom. The van der Waals surface area contributed by atoms with Gasteiger partial charge in [0, 0.05) is 0 Å². The summed E-state index contributed by atoms with van der Waals surface area (Å²) in [6.45, 7) is 0. The van der Waals surface area contributed by atoms with Gasteiger partial charge >= 0.3 is 0 Å². The quantitative estimate of drug-likeness (QED) is 0.900. The Bertz CT molecular complexity index is 553. The van der Waals surface area contributed by atoms with Gasteiger partial charge in [0.1, 0.15) is 4.88 Å². The molecule has 1 aromatic carbocycles. The second-order valence-corrected chi connectivity index (χ2v) is 5.18. The Balaban J connectivity index is 1.80. The Hall–Kier alpha value is -1.75. The summed E-state index contributed by atoms with van der Waals surface area (Å²) in [6, 6.07) is 8.43. The first-order chi connectivity index (χ1) is 8.84. The zero-order valence-corrected chi connectivity index (χ0v) is 10.6. The lowest BCUT2D eigenvalue weighted by atomic mass is 9.88. The van der Waals surface area contributed by atoms with Crippen LogP contribution in [0.5, 0.6) is 0 Å². The Kier molecular flexibility index (Phi) is 3.06. The number of carbonyl (C=O) groups excluding carboxylic acids is 1. The number of amides is 1. The average Bonchev–Trinajstić information content (AvgIpc) is 2.93. The van der Waals surface area contributed by atoms with E-state index in [1.54, 1.807) is 0 Å². The molecule has 1 N–H and O–H groups in total. The van der Waals surface area contributed by atoms with E-state index in [9.17, 15) is 4.79 Å². The molecule has 1 aliphatic carbocycles. The van der Waals surface area contributed by atoms with Crippen molar-refractivity contribution in [1.82, 2.24) is 14.9 Å². The Labute approximate surface area is 109 Å². The number of fused-ring (bicyclic) bond motifs is 1. The zero-order chi connectivity index (χ0) is 12.4. The van der Waals surface area contributed by atoms with Crippen molar-refractivity contribution >= 4 is 17.4 Å². The monoisotopic (exact) mass is 259 g/mol. The van der Waals surface area contributed by atoms with E-state index in [4.69, 9.17) is 0 Å². The summed E-state index contributed by atoms with van der Waals surface area (Å²) in [4.78, 5) is 12.6. The summed E-state index contributed by atoms with van der Waals surface area (Å²) in [5, 5.41) is 6.76. The fourth-order valence-electron chi connectivity index (χ4n) is 2.40. The molecule has 1 aromatic heterocycles. The van der Waals surface area contributed by atoms with Crippen molar-refractivity contribution in [3.05, 3.63) is 46.5 Å². The van der Waals surface area contributed by atoms with Crippen molar-refractivity contribution < 1.29 is 4.79 Å². The van der Waals surface area contributed by atoms with Crippen LogP contribution in [0.2, 0.25) is 0 Å². The first-order valence-corrected chi connectivity index (χ1v) is 6.78. The van der Waals surface area contributed by atoms with Gasteiger partial charge in [0.15, 0.2) is 0 Å². The van der Waals surface area contributed by atoms with E-state index in [-0.39, 0.29) is 11.9 Å². The number of benzene rings is 1. The molecule has 0 spiro atoms. The van der Waals surface area contributed by atoms with E-state index in [2.05, 4.69) is 33.1 Å². The highest BCUT2D eigenvalue weighted by molar-refractivity contribution is 7.07. The third-order valence-electron chi connectivity index (χ3n) is 3.26. The predicted molar refractivity (Wildman–Crippen MR) is 69.5 cm³/mol. The molecular formula is C13H13N3OS. The molecule has 18 heavy (non-hydrogen) atoms. The SMILES string of the molecule is O=C(N[C@@H]1CCCc2ccccc21)c1cnns1. The van der Waals surface area contributed by atoms with Crippen LogP contribution in [0.4, 0.5) is 0 Å². The van der Waals surface area contributed by atoms with Crippen molar-refractivity contribution in [2.24, 2.45) is 0 Å². The maximum Gasteiger partial charge on any atom is 0.265 e. The normalized spacial score (nSPS) is 18.1. The number of hydrogen-bond donors (Lipinski definition) is 1. The molecule has 2 aromatic rings. The van der Waals surface area contributed by atoms with Crippen molar-refractivity contribution in [2.45, 2.75) is 25.3 Å². The molecule has 0 radical (unpaired) electrons. The minimum absolute atomic E-state index is 0.0771. The highest BCUT2D eigenvalue weighted by atomic mass is 32.1. The van der Waals surface area contributed by atoms with Crippen LogP contribution >= 0.6 is 11.5 Å². The van der Waals surface area contributed by atoms with Gasteiger partial charge in [-0.05, 0) is 41.9 Å². The van der Waals surface area contributed by atoms with E-state index in [0.717, 1.165) is 30.8 Å². The predicted octanol–water partition coefficient (Wildman–Crippen LogP) is 2.35. The van der Waals surface area contributed by atoms with Crippen molar-refractivity contribution in [1.29, 1.82) is 0 Å². The van der Waals surface area contributed by atoms with Gasteiger partial charge in [-0.3, -0.25) is 4.79 Å². The van der Waals surface area contributed by atoms with Crippen molar-refractivity contribution in [3.63, 3.8) is 0 Å². The smallest absolute Gasteiger partial charge is 0.265 e. The minimum atomic E-state index is -0.0771. The summed E-state index contributed by atoms with van der Waals surface area (Å²) in [5.74, 6) is -0.0771. The number of hydrogen-bond acceptors (Lipinski definition) is 4. The molecule has 4 nitrogen and oxygen atoms in total. The van der Waals surface area contributed by atoms with Crippen LogP contribution in [-0.2, 0) is 6.42 Å². The lowest BCUT2D eigenvalue weighted by Crippen LogP contribution is -2.30. The zero-order valence-electron chi connectivity index (χ0n) is 9.80. The van der Waals surface area contributed by atoms with Gasteiger partial charge in [0.05, 0.1) is 12.2 Å². The highest BCUT2D eigenvalue weighted by Gasteiger charge is 2.22. The van der Waals surface area contributed by atoms with Crippen LogP contribution < -0.4 is 5.32 Å².